The van der Waals surface area contributed by atoms with E-state index in [-0.39, 0.29) is 6.04 Å². The molecule has 0 aliphatic carbocycles. The second kappa shape index (κ2) is 9.43. The zero-order valence-corrected chi connectivity index (χ0v) is 15.7. The molecule has 0 amide bonds. The highest BCUT2D eigenvalue weighted by Crippen LogP contribution is 2.15. The Morgan fingerprint density at radius 3 is 2.21 bits per heavy atom. The van der Waals surface area contributed by atoms with Crippen LogP contribution in [0.2, 0.25) is 0 Å². The van der Waals surface area contributed by atoms with Gasteiger partial charge >= 0.3 is 0 Å². The predicted octanol–water partition coefficient (Wildman–Crippen LogP) is 4.65. The van der Waals surface area contributed by atoms with E-state index in [0.29, 0.717) is 11.0 Å². The van der Waals surface area contributed by atoms with Crippen LogP contribution in [0.4, 0.5) is 0 Å². The Kier molecular flexibility index (Phi) is 7.26. The van der Waals surface area contributed by atoms with Gasteiger partial charge in [0.15, 0.2) is 5.11 Å². The van der Waals surface area contributed by atoms with Crippen LogP contribution in [-0.2, 0) is 12.8 Å². The first kappa shape index (κ1) is 18.5. The minimum Gasteiger partial charge on any atom is -0.362 e. The Hall–Kier alpha value is -1.87. The fourth-order valence-electron chi connectivity index (χ4n) is 2.71. The van der Waals surface area contributed by atoms with Gasteiger partial charge in [-0.15, -0.1) is 0 Å². The maximum atomic E-state index is 5.41. The highest BCUT2D eigenvalue weighted by molar-refractivity contribution is 7.80. The van der Waals surface area contributed by atoms with Gasteiger partial charge in [0.05, 0.1) is 6.04 Å². The van der Waals surface area contributed by atoms with E-state index in [1.807, 2.05) is 6.07 Å². The van der Waals surface area contributed by atoms with Crippen molar-refractivity contribution in [3.63, 3.8) is 0 Å². The summed E-state index contributed by atoms with van der Waals surface area (Å²) in [5.74, 6) is 0.688. The highest BCUT2D eigenvalue weighted by Gasteiger charge is 2.07. The van der Waals surface area contributed by atoms with Gasteiger partial charge in [0.1, 0.15) is 0 Å². The number of nitrogens with one attached hydrogen (secondary N) is 2. The van der Waals surface area contributed by atoms with E-state index in [1.165, 1.54) is 16.7 Å². The van der Waals surface area contributed by atoms with Crippen LogP contribution in [0.3, 0.4) is 0 Å². The van der Waals surface area contributed by atoms with Crippen LogP contribution in [0, 0.1) is 5.92 Å². The van der Waals surface area contributed by atoms with Crippen LogP contribution >= 0.6 is 12.2 Å². The molecule has 128 valence electrons. The summed E-state index contributed by atoms with van der Waals surface area (Å²) in [5, 5.41) is 7.37. The van der Waals surface area contributed by atoms with Crippen LogP contribution in [0.1, 0.15) is 43.5 Å². The van der Waals surface area contributed by atoms with Crippen molar-refractivity contribution >= 4 is 17.3 Å². The maximum Gasteiger partial charge on any atom is 0.166 e. The van der Waals surface area contributed by atoms with Crippen LogP contribution in [0.25, 0.3) is 0 Å². The quantitative estimate of drug-likeness (QED) is 0.717. The smallest absolute Gasteiger partial charge is 0.166 e. The average molecular weight is 341 g/mol. The van der Waals surface area contributed by atoms with Gasteiger partial charge in [-0.25, -0.2) is 0 Å². The van der Waals surface area contributed by atoms with Crippen LogP contribution in [-0.4, -0.2) is 11.7 Å². The molecule has 2 aromatic carbocycles. The Morgan fingerprint density at radius 2 is 1.58 bits per heavy atom. The van der Waals surface area contributed by atoms with Gasteiger partial charge in [0.25, 0.3) is 0 Å². The Bertz CT molecular complexity index is 620. The lowest BCUT2D eigenvalue weighted by Crippen LogP contribution is -2.37. The lowest BCUT2D eigenvalue weighted by molar-refractivity contribution is 0.646. The van der Waals surface area contributed by atoms with Gasteiger partial charge in [0.2, 0.25) is 0 Å². The molecule has 3 heteroatoms. The molecular weight excluding hydrogens is 312 g/mol. The monoisotopic (exact) mass is 340 g/mol. The summed E-state index contributed by atoms with van der Waals surface area (Å²) >= 11 is 5.41. The Balaban J connectivity index is 1.76. The van der Waals surface area contributed by atoms with E-state index in [2.05, 4.69) is 79.9 Å². The minimum absolute atomic E-state index is 0.204. The number of hydrogen-bond acceptors (Lipinski definition) is 1. The SMILES string of the molecule is CC(C)Cc1ccc([C@@H](C)NC(=S)NCCc2ccccc2)cc1. The summed E-state index contributed by atoms with van der Waals surface area (Å²) < 4.78 is 0. The van der Waals surface area contributed by atoms with E-state index < -0.39 is 0 Å². The van der Waals surface area contributed by atoms with Crippen molar-refractivity contribution in [1.29, 1.82) is 0 Å². The number of benzene rings is 2. The van der Waals surface area contributed by atoms with Crippen molar-refractivity contribution < 1.29 is 0 Å². The molecule has 0 aliphatic rings. The van der Waals surface area contributed by atoms with Gasteiger partial charge in [-0.05, 0) is 54.6 Å². The van der Waals surface area contributed by atoms with E-state index in [9.17, 15) is 0 Å². The van der Waals surface area contributed by atoms with Crippen molar-refractivity contribution in [3.05, 3.63) is 71.3 Å². The summed E-state index contributed by atoms with van der Waals surface area (Å²) in [5.41, 5.74) is 3.97. The van der Waals surface area contributed by atoms with Crippen molar-refractivity contribution in [2.75, 3.05) is 6.54 Å². The second-order valence-corrected chi connectivity index (χ2v) is 7.11. The predicted molar refractivity (Wildman–Crippen MR) is 107 cm³/mol. The third kappa shape index (κ3) is 6.32. The number of thiocarbonyl (C=S) groups is 1. The lowest BCUT2D eigenvalue weighted by atomic mass is 10.00. The van der Waals surface area contributed by atoms with Crippen molar-refractivity contribution in [3.8, 4) is 0 Å². The second-order valence-electron chi connectivity index (χ2n) is 6.70. The summed E-state index contributed by atoms with van der Waals surface area (Å²) in [6.07, 6.45) is 2.10. The molecule has 0 unspecified atom stereocenters. The topological polar surface area (TPSA) is 24.1 Å². The first-order valence-electron chi connectivity index (χ1n) is 8.71. The van der Waals surface area contributed by atoms with Gasteiger partial charge in [0, 0.05) is 6.54 Å². The van der Waals surface area contributed by atoms with Gasteiger partial charge in [-0.1, -0.05) is 68.4 Å². The van der Waals surface area contributed by atoms with Gasteiger partial charge in [-0.2, -0.15) is 0 Å². The van der Waals surface area contributed by atoms with Gasteiger partial charge in [-0.3, -0.25) is 0 Å². The molecular formula is C21H28N2S. The molecule has 0 spiro atoms. The summed E-state index contributed by atoms with van der Waals surface area (Å²) in [4.78, 5) is 0. The molecule has 0 aromatic heterocycles. The van der Waals surface area contributed by atoms with Crippen LogP contribution in [0.15, 0.2) is 54.6 Å². The van der Waals surface area contributed by atoms with Crippen molar-refractivity contribution in [1.82, 2.24) is 10.6 Å². The third-order valence-corrected chi connectivity index (χ3v) is 4.28. The summed E-state index contributed by atoms with van der Waals surface area (Å²) in [7, 11) is 0. The van der Waals surface area contributed by atoms with E-state index in [4.69, 9.17) is 12.2 Å². The molecule has 0 aliphatic heterocycles. The molecule has 2 rings (SSSR count). The highest BCUT2D eigenvalue weighted by atomic mass is 32.1. The summed E-state index contributed by atoms with van der Waals surface area (Å²) in [6, 6.07) is 19.5. The van der Waals surface area contributed by atoms with Crippen molar-refractivity contribution in [2.24, 2.45) is 5.92 Å². The van der Waals surface area contributed by atoms with E-state index in [0.717, 1.165) is 19.4 Å². The third-order valence-electron chi connectivity index (χ3n) is 4.01. The molecule has 0 saturated carbocycles. The first-order valence-corrected chi connectivity index (χ1v) is 9.12. The zero-order valence-electron chi connectivity index (χ0n) is 14.9. The molecule has 0 radical (unpaired) electrons. The molecule has 2 nitrogen and oxygen atoms in total. The maximum absolute atomic E-state index is 5.41. The molecule has 0 heterocycles. The summed E-state index contributed by atoms with van der Waals surface area (Å²) in [6.45, 7) is 7.48. The lowest BCUT2D eigenvalue weighted by Gasteiger charge is -2.18. The molecule has 0 saturated heterocycles. The van der Waals surface area contributed by atoms with E-state index in [1.54, 1.807) is 0 Å². The fourth-order valence-corrected chi connectivity index (χ4v) is 2.99. The Labute approximate surface area is 151 Å². The zero-order chi connectivity index (χ0) is 17.4. The molecule has 0 bridgehead atoms. The van der Waals surface area contributed by atoms with E-state index >= 15 is 0 Å². The van der Waals surface area contributed by atoms with Crippen LogP contribution < -0.4 is 10.6 Å². The minimum atomic E-state index is 0.204. The number of hydrogen-bond donors (Lipinski definition) is 2. The van der Waals surface area contributed by atoms with Crippen LogP contribution in [0.5, 0.6) is 0 Å². The first-order chi connectivity index (χ1) is 11.5. The molecule has 0 fully saturated rings. The fraction of sp³-hybridized carbons (Fsp3) is 0.381. The number of rotatable bonds is 7. The van der Waals surface area contributed by atoms with Crippen molar-refractivity contribution in [2.45, 2.75) is 39.7 Å². The largest absolute Gasteiger partial charge is 0.362 e. The molecule has 24 heavy (non-hydrogen) atoms. The standard InChI is InChI=1S/C21H28N2S/c1-16(2)15-19-9-11-20(12-10-19)17(3)23-21(24)22-14-13-18-7-5-4-6-8-18/h4-12,16-17H,13-15H2,1-3H3,(H2,22,23,24)/t17-/m1/s1. The molecule has 2 N–H and O–H groups in total. The molecule has 1 atom stereocenters. The normalized spacial score (nSPS) is 12.0. The average Bonchev–Trinajstić information content (AvgIpc) is 2.56. The Morgan fingerprint density at radius 1 is 0.917 bits per heavy atom. The molecule has 2 aromatic rings. The van der Waals surface area contributed by atoms with Gasteiger partial charge < -0.3 is 10.6 Å².